The highest BCUT2D eigenvalue weighted by molar-refractivity contribution is 7.80. The molecule has 1 aromatic rings. The Hall–Kier alpha value is -1.62. The smallest absolute Gasteiger partial charge is 0.344 e. The number of carbonyl (C=O) groups is 1. The van der Waals surface area contributed by atoms with E-state index in [1.165, 1.54) is 0 Å². The lowest BCUT2D eigenvalue weighted by Gasteiger charge is -2.13. The summed E-state index contributed by atoms with van der Waals surface area (Å²) in [7, 11) is 0. The minimum atomic E-state index is -0.959. The second-order valence-electron chi connectivity index (χ2n) is 3.64. The first-order valence-corrected chi connectivity index (χ1v) is 5.70. The number of nitrogens with two attached hydrogens (primary N) is 1. The molecule has 0 amide bonds. The molecule has 0 saturated heterocycles. The summed E-state index contributed by atoms with van der Waals surface area (Å²) in [6.45, 7) is 1.76. The van der Waals surface area contributed by atoms with E-state index >= 15 is 0 Å². The van der Waals surface area contributed by atoms with Crippen molar-refractivity contribution in [3.05, 3.63) is 29.8 Å². The summed E-state index contributed by atoms with van der Waals surface area (Å²) in [6.07, 6.45) is 0.145. The van der Waals surface area contributed by atoms with Gasteiger partial charge in [-0.15, -0.1) is 0 Å². The van der Waals surface area contributed by atoms with Gasteiger partial charge in [-0.25, -0.2) is 4.79 Å². The summed E-state index contributed by atoms with van der Waals surface area (Å²) in [5.74, 6) is -0.425. The predicted molar refractivity (Wildman–Crippen MR) is 69.3 cm³/mol. The zero-order valence-electron chi connectivity index (χ0n) is 9.55. The Morgan fingerprint density at radius 2 is 2.06 bits per heavy atom. The third-order valence-corrected chi connectivity index (χ3v) is 2.37. The summed E-state index contributed by atoms with van der Waals surface area (Å²) in [5, 5.41) is 8.85. The maximum Gasteiger partial charge on any atom is 0.344 e. The Morgan fingerprint density at radius 1 is 1.47 bits per heavy atom. The maximum atomic E-state index is 10.8. The van der Waals surface area contributed by atoms with Crippen LogP contribution in [0.2, 0.25) is 0 Å². The first-order chi connectivity index (χ1) is 8.02. The van der Waals surface area contributed by atoms with Crippen LogP contribution in [0.3, 0.4) is 0 Å². The highest BCUT2D eigenvalue weighted by Crippen LogP contribution is 2.15. The molecule has 0 radical (unpaired) electrons. The van der Waals surface area contributed by atoms with E-state index in [0.717, 1.165) is 5.56 Å². The molecule has 3 N–H and O–H groups in total. The van der Waals surface area contributed by atoms with Crippen LogP contribution in [0.5, 0.6) is 5.75 Å². The number of ether oxygens (including phenoxy) is 1. The summed E-state index contributed by atoms with van der Waals surface area (Å²) in [5.41, 5.74) is 6.41. The van der Waals surface area contributed by atoms with E-state index in [1.807, 2.05) is 12.1 Å². The maximum absolute atomic E-state index is 10.8. The van der Waals surface area contributed by atoms with Crippen LogP contribution >= 0.6 is 12.2 Å². The Kier molecular flexibility index (Phi) is 4.90. The molecule has 1 rings (SSSR count). The van der Waals surface area contributed by atoms with Crippen molar-refractivity contribution in [1.82, 2.24) is 0 Å². The van der Waals surface area contributed by atoms with Gasteiger partial charge in [-0.1, -0.05) is 31.3 Å². The van der Waals surface area contributed by atoms with Gasteiger partial charge in [0, 0.05) is 6.42 Å². The molecular weight excluding hydrogens is 238 g/mol. The lowest BCUT2D eigenvalue weighted by molar-refractivity contribution is -0.145. The largest absolute Gasteiger partial charge is 0.479 e. The molecule has 4 nitrogen and oxygen atoms in total. The molecular formula is C12H15NO3S. The van der Waals surface area contributed by atoms with Crippen LogP contribution in [0.15, 0.2) is 24.3 Å². The standard InChI is InChI=1S/C12H15NO3S/c1-2-10(12(14)15)16-9-5-3-8(4-6-9)7-11(13)17/h3-6,10H,2,7H2,1H3,(H2,13,17)(H,14,15). The van der Waals surface area contributed by atoms with E-state index in [2.05, 4.69) is 0 Å². The molecule has 0 aliphatic rings. The van der Waals surface area contributed by atoms with Crippen molar-refractivity contribution >= 4 is 23.2 Å². The molecule has 5 heteroatoms. The summed E-state index contributed by atoms with van der Waals surface area (Å²) in [6, 6.07) is 7.09. The Balaban J connectivity index is 2.67. The zero-order chi connectivity index (χ0) is 12.8. The first kappa shape index (κ1) is 13.4. The second kappa shape index (κ2) is 6.20. The van der Waals surface area contributed by atoms with Crippen LogP contribution in [-0.2, 0) is 11.2 Å². The van der Waals surface area contributed by atoms with Crippen LogP contribution in [0.4, 0.5) is 0 Å². The van der Waals surface area contributed by atoms with E-state index in [0.29, 0.717) is 23.6 Å². The fraction of sp³-hybridized carbons (Fsp3) is 0.333. The van der Waals surface area contributed by atoms with E-state index in [1.54, 1.807) is 19.1 Å². The number of thiocarbonyl (C=S) groups is 1. The van der Waals surface area contributed by atoms with Gasteiger partial charge in [-0.05, 0) is 24.1 Å². The molecule has 0 saturated carbocycles. The van der Waals surface area contributed by atoms with Crippen molar-refractivity contribution in [3.63, 3.8) is 0 Å². The molecule has 92 valence electrons. The van der Waals surface area contributed by atoms with Crippen LogP contribution in [0.1, 0.15) is 18.9 Å². The van der Waals surface area contributed by atoms with Gasteiger partial charge in [0.15, 0.2) is 6.10 Å². The first-order valence-electron chi connectivity index (χ1n) is 5.29. The van der Waals surface area contributed by atoms with Crippen LogP contribution in [0, 0.1) is 0 Å². The Bertz CT molecular complexity index is 403. The molecule has 0 aliphatic carbocycles. The molecule has 0 aliphatic heterocycles. The number of benzene rings is 1. The molecule has 1 aromatic carbocycles. The third-order valence-electron chi connectivity index (χ3n) is 2.23. The molecule has 0 aromatic heterocycles. The summed E-state index contributed by atoms with van der Waals surface area (Å²) < 4.78 is 5.32. The van der Waals surface area contributed by atoms with Gasteiger partial charge in [0.25, 0.3) is 0 Å². The van der Waals surface area contributed by atoms with Crippen molar-refractivity contribution in [3.8, 4) is 5.75 Å². The SMILES string of the molecule is CCC(Oc1ccc(CC(N)=S)cc1)C(=O)O. The second-order valence-corrected chi connectivity index (χ2v) is 4.16. The van der Waals surface area contributed by atoms with Gasteiger partial charge in [-0.3, -0.25) is 0 Å². The number of carboxylic acids is 1. The molecule has 1 unspecified atom stereocenters. The van der Waals surface area contributed by atoms with Crippen molar-refractivity contribution in [2.24, 2.45) is 5.73 Å². The Morgan fingerprint density at radius 3 is 2.47 bits per heavy atom. The van der Waals surface area contributed by atoms with Crippen LogP contribution in [0.25, 0.3) is 0 Å². The highest BCUT2D eigenvalue weighted by Gasteiger charge is 2.16. The number of carboxylic acid groups (broad SMARTS) is 1. The highest BCUT2D eigenvalue weighted by atomic mass is 32.1. The normalized spacial score (nSPS) is 11.8. The van der Waals surface area contributed by atoms with Gasteiger partial charge >= 0.3 is 5.97 Å². The number of aliphatic carboxylic acids is 1. The molecule has 0 fully saturated rings. The fourth-order valence-electron chi connectivity index (χ4n) is 1.36. The average molecular weight is 253 g/mol. The van der Waals surface area contributed by atoms with Crippen LogP contribution < -0.4 is 10.5 Å². The van der Waals surface area contributed by atoms with Crippen molar-refractivity contribution in [1.29, 1.82) is 0 Å². The van der Waals surface area contributed by atoms with Crippen molar-refractivity contribution in [2.45, 2.75) is 25.9 Å². The van der Waals surface area contributed by atoms with Gasteiger partial charge in [0.1, 0.15) is 5.75 Å². The molecule has 0 heterocycles. The van der Waals surface area contributed by atoms with E-state index in [4.69, 9.17) is 27.8 Å². The quantitative estimate of drug-likeness (QED) is 0.756. The van der Waals surface area contributed by atoms with Crippen molar-refractivity contribution < 1.29 is 14.6 Å². The van der Waals surface area contributed by atoms with E-state index in [-0.39, 0.29) is 0 Å². The van der Waals surface area contributed by atoms with Gasteiger partial charge < -0.3 is 15.6 Å². The minimum Gasteiger partial charge on any atom is -0.479 e. The van der Waals surface area contributed by atoms with E-state index in [9.17, 15) is 4.79 Å². The van der Waals surface area contributed by atoms with Gasteiger partial charge in [-0.2, -0.15) is 0 Å². The molecule has 0 bridgehead atoms. The predicted octanol–water partition coefficient (Wildman–Crippen LogP) is 1.76. The summed E-state index contributed by atoms with van der Waals surface area (Å²) in [4.78, 5) is 11.2. The number of hydrogen-bond acceptors (Lipinski definition) is 3. The monoisotopic (exact) mass is 253 g/mol. The number of hydrogen-bond donors (Lipinski definition) is 2. The fourth-order valence-corrected chi connectivity index (χ4v) is 1.53. The topological polar surface area (TPSA) is 72.5 Å². The van der Waals surface area contributed by atoms with E-state index < -0.39 is 12.1 Å². The average Bonchev–Trinajstić information content (AvgIpc) is 2.26. The lowest BCUT2D eigenvalue weighted by atomic mass is 10.1. The molecule has 17 heavy (non-hydrogen) atoms. The van der Waals surface area contributed by atoms with Crippen LogP contribution in [-0.4, -0.2) is 22.2 Å². The van der Waals surface area contributed by atoms with Gasteiger partial charge in [0.2, 0.25) is 0 Å². The minimum absolute atomic E-state index is 0.421. The zero-order valence-corrected chi connectivity index (χ0v) is 10.4. The number of rotatable bonds is 6. The Labute approximate surface area is 105 Å². The summed E-state index contributed by atoms with van der Waals surface area (Å²) >= 11 is 4.80. The van der Waals surface area contributed by atoms with Gasteiger partial charge in [0.05, 0.1) is 4.99 Å². The molecule has 0 spiro atoms. The third kappa shape index (κ3) is 4.40. The lowest BCUT2D eigenvalue weighted by Crippen LogP contribution is -2.25. The molecule has 1 atom stereocenters. The van der Waals surface area contributed by atoms with Crippen molar-refractivity contribution in [2.75, 3.05) is 0 Å².